The van der Waals surface area contributed by atoms with Crippen molar-refractivity contribution in [3.8, 4) is 44.5 Å². The van der Waals surface area contributed by atoms with Gasteiger partial charge in [0, 0.05) is 41.4 Å². The van der Waals surface area contributed by atoms with Gasteiger partial charge in [-0.1, -0.05) is 174 Å². The van der Waals surface area contributed by atoms with Crippen LogP contribution in [-0.2, 0) is 10.8 Å². The molecule has 0 amide bonds. The Morgan fingerprint density at radius 1 is 0.491 bits per heavy atom. The molecular formula is C55H45NO. The minimum atomic E-state index is -2.87. The predicted octanol–water partition coefficient (Wildman–Crippen LogP) is 15.7. The molecule has 2 nitrogen and oxygen atoms in total. The molecule has 0 saturated carbocycles. The summed E-state index contributed by atoms with van der Waals surface area (Å²) in [6, 6.07) is 60.9. The van der Waals surface area contributed by atoms with Crippen LogP contribution >= 0.6 is 0 Å². The number of nitrogens with zero attached hydrogens (tertiary/aromatic N) is 1. The number of benzene rings is 8. The average molecular weight is 742 g/mol. The highest BCUT2D eigenvalue weighted by molar-refractivity contribution is 6.13. The molecule has 0 unspecified atom stereocenters. The molecule has 0 bridgehead atoms. The van der Waals surface area contributed by atoms with E-state index < -0.39 is 19.1 Å². The topological polar surface area (TPSA) is 16.4 Å². The van der Waals surface area contributed by atoms with Gasteiger partial charge in [-0.15, -0.1) is 0 Å². The lowest BCUT2D eigenvalue weighted by Crippen LogP contribution is -2.15. The Morgan fingerprint density at radius 2 is 1.11 bits per heavy atom. The average Bonchev–Trinajstić information content (AvgIpc) is 3.81. The van der Waals surface area contributed by atoms with Crippen molar-refractivity contribution in [1.29, 1.82) is 0 Å². The molecule has 57 heavy (non-hydrogen) atoms. The van der Waals surface area contributed by atoms with Crippen molar-refractivity contribution in [2.45, 2.75) is 45.3 Å². The number of rotatable bonds is 6. The fourth-order valence-electron chi connectivity index (χ4n) is 8.68. The van der Waals surface area contributed by atoms with E-state index in [-0.39, 0.29) is 16.5 Å². The summed E-state index contributed by atoms with van der Waals surface area (Å²) in [7, 11) is 0. The summed E-state index contributed by atoms with van der Waals surface area (Å²) in [5, 5.41) is 1.94. The minimum absolute atomic E-state index is 0.0485. The zero-order valence-corrected chi connectivity index (χ0v) is 32.2. The molecular weight excluding hydrogens is 691 g/mol. The van der Waals surface area contributed by atoms with E-state index >= 15 is 0 Å². The van der Waals surface area contributed by atoms with Gasteiger partial charge in [-0.2, -0.15) is 0 Å². The molecule has 0 atom stereocenters. The van der Waals surface area contributed by atoms with Crippen LogP contribution in [0.15, 0.2) is 186 Å². The van der Waals surface area contributed by atoms with Crippen molar-refractivity contribution in [3.05, 3.63) is 199 Å². The van der Waals surface area contributed by atoms with Crippen molar-refractivity contribution in [1.82, 2.24) is 0 Å². The Bertz CT molecular complexity index is 3160. The fourth-order valence-corrected chi connectivity index (χ4v) is 8.68. The van der Waals surface area contributed by atoms with Crippen LogP contribution in [0.2, 0.25) is 0 Å². The fraction of sp³-hybridized carbons (Fsp3) is 0.127. The Hall–Kier alpha value is -6.64. The van der Waals surface area contributed by atoms with Gasteiger partial charge >= 0.3 is 0 Å². The quantitative estimate of drug-likeness (QED) is 0.169. The molecule has 2 heteroatoms. The summed E-state index contributed by atoms with van der Waals surface area (Å²) >= 11 is 0. The van der Waals surface area contributed by atoms with Crippen LogP contribution in [0, 0.1) is 0 Å². The normalized spacial score (nSPS) is 15.1. The van der Waals surface area contributed by atoms with Crippen LogP contribution in [0.5, 0.6) is 0 Å². The summed E-state index contributed by atoms with van der Waals surface area (Å²) in [6.45, 7) is 0.892. The van der Waals surface area contributed by atoms with Gasteiger partial charge < -0.3 is 9.32 Å². The standard InChI is InChI=1S/C55H45NO/c1-54(2,3)39-28-26-38(27-29-39)52-42(36-16-8-6-9-17-36)21-14-24-49(52)56(40-30-32-48-45(34-40)44-20-12-13-23-47(44)55(48,4)5)41-31-33-50-46(35-41)53-43(22-15-25-51(53)57-50)37-18-10-7-11-19-37/h6-35H,1-5H3/i4D3,5D3. The van der Waals surface area contributed by atoms with Crippen molar-refractivity contribution >= 4 is 39.0 Å². The molecule has 1 aliphatic rings. The van der Waals surface area contributed by atoms with Crippen LogP contribution < -0.4 is 4.90 Å². The molecule has 0 saturated heterocycles. The summed E-state index contributed by atoms with van der Waals surface area (Å²) in [4.78, 5) is 2.22. The van der Waals surface area contributed by atoms with Gasteiger partial charge in [-0.25, -0.2) is 0 Å². The molecule has 8 aromatic carbocycles. The van der Waals surface area contributed by atoms with Crippen molar-refractivity contribution < 1.29 is 12.6 Å². The second kappa shape index (κ2) is 13.2. The summed E-state index contributed by atoms with van der Waals surface area (Å²) in [5.74, 6) is 0. The first-order valence-electron chi connectivity index (χ1n) is 22.5. The maximum Gasteiger partial charge on any atom is 0.136 e. The lowest BCUT2D eigenvalue weighted by molar-refractivity contribution is 0.590. The lowest BCUT2D eigenvalue weighted by Gasteiger charge is -2.30. The molecule has 276 valence electrons. The number of anilines is 3. The summed E-state index contributed by atoms with van der Waals surface area (Å²) < 4.78 is 59.6. The highest BCUT2D eigenvalue weighted by Crippen LogP contribution is 2.52. The molecule has 0 aliphatic heterocycles. The third-order valence-electron chi connectivity index (χ3n) is 11.5. The SMILES string of the molecule is [2H]C([2H])([2H])C1(C([2H])([2H])[2H])c2ccccc2-c2cc(N(c3ccc4oc5cccc(-c6ccccc6)c5c4c3)c3cccc(-c4ccccc4)c3-c3ccc(C(C)(C)C)cc3)ccc21. The maximum atomic E-state index is 8.84. The van der Waals surface area contributed by atoms with E-state index in [0.29, 0.717) is 11.1 Å². The molecule has 1 heterocycles. The second-order valence-electron chi connectivity index (χ2n) is 16.1. The third kappa shape index (κ3) is 5.78. The number of hydrogen-bond acceptors (Lipinski definition) is 2. The summed E-state index contributed by atoms with van der Waals surface area (Å²) in [6.07, 6.45) is 0. The van der Waals surface area contributed by atoms with Crippen LogP contribution in [0.1, 0.15) is 59.4 Å². The molecule has 9 aromatic rings. The van der Waals surface area contributed by atoms with Gasteiger partial charge in [0.1, 0.15) is 11.2 Å². The van der Waals surface area contributed by atoms with Crippen LogP contribution in [0.25, 0.3) is 66.4 Å². The predicted molar refractivity (Wildman–Crippen MR) is 241 cm³/mol. The van der Waals surface area contributed by atoms with Crippen molar-refractivity contribution in [2.24, 2.45) is 0 Å². The van der Waals surface area contributed by atoms with E-state index in [0.717, 1.165) is 72.4 Å². The van der Waals surface area contributed by atoms with E-state index in [1.807, 2.05) is 66.7 Å². The molecule has 1 aromatic heterocycles. The third-order valence-corrected chi connectivity index (χ3v) is 11.5. The van der Waals surface area contributed by atoms with E-state index in [4.69, 9.17) is 12.6 Å². The number of fused-ring (bicyclic) bond motifs is 6. The lowest BCUT2D eigenvalue weighted by atomic mass is 9.82. The minimum Gasteiger partial charge on any atom is -0.456 e. The van der Waals surface area contributed by atoms with Gasteiger partial charge in [-0.05, 0) is 104 Å². The van der Waals surface area contributed by atoms with Gasteiger partial charge in [0.25, 0.3) is 0 Å². The van der Waals surface area contributed by atoms with Crippen molar-refractivity contribution in [3.63, 3.8) is 0 Å². The first-order chi connectivity index (χ1) is 30.2. The highest BCUT2D eigenvalue weighted by Gasteiger charge is 2.36. The molecule has 0 fully saturated rings. The van der Waals surface area contributed by atoms with E-state index in [9.17, 15) is 0 Å². The number of hydrogen-bond donors (Lipinski definition) is 0. The first kappa shape index (κ1) is 28.7. The largest absolute Gasteiger partial charge is 0.456 e. The monoisotopic (exact) mass is 741 g/mol. The molecule has 10 rings (SSSR count). The smallest absolute Gasteiger partial charge is 0.136 e. The van der Waals surface area contributed by atoms with Gasteiger partial charge in [0.15, 0.2) is 0 Å². The Balaban J connectivity index is 1.29. The Kier molecular flexibility index (Phi) is 6.67. The second-order valence-corrected chi connectivity index (χ2v) is 16.1. The molecule has 0 spiro atoms. The van der Waals surface area contributed by atoms with Gasteiger partial charge in [0.2, 0.25) is 0 Å². The highest BCUT2D eigenvalue weighted by atomic mass is 16.3. The number of furan rings is 1. The summed E-state index contributed by atoms with van der Waals surface area (Å²) in [5.41, 5.74) is 10.9. The Morgan fingerprint density at radius 3 is 1.84 bits per heavy atom. The first-order valence-corrected chi connectivity index (χ1v) is 19.5. The Labute approximate surface area is 344 Å². The van der Waals surface area contributed by atoms with Gasteiger partial charge in [-0.3, -0.25) is 0 Å². The molecule has 0 N–H and O–H groups in total. The van der Waals surface area contributed by atoms with Crippen molar-refractivity contribution in [2.75, 3.05) is 4.90 Å². The maximum absolute atomic E-state index is 8.84. The zero-order chi connectivity index (χ0) is 43.9. The van der Waals surface area contributed by atoms with E-state index in [1.165, 1.54) is 5.56 Å². The van der Waals surface area contributed by atoms with E-state index in [1.54, 1.807) is 18.2 Å². The van der Waals surface area contributed by atoms with E-state index in [2.05, 4.69) is 123 Å². The molecule has 1 aliphatic carbocycles. The van der Waals surface area contributed by atoms with Crippen LogP contribution in [0.4, 0.5) is 17.1 Å². The zero-order valence-electron chi connectivity index (χ0n) is 38.2. The molecule has 0 radical (unpaired) electrons. The van der Waals surface area contributed by atoms with Gasteiger partial charge in [0.05, 0.1) is 5.69 Å². The van der Waals surface area contributed by atoms with Crippen LogP contribution in [-0.4, -0.2) is 0 Å². The van der Waals surface area contributed by atoms with Crippen LogP contribution in [0.3, 0.4) is 0 Å².